The topological polar surface area (TPSA) is 95.6 Å². The molecule has 5 rings (SSSR count). The molecule has 1 unspecified atom stereocenters. The molecule has 164 valence electrons. The van der Waals surface area contributed by atoms with Crippen molar-refractivity contribution in [2.24, 2.45) is 5.92 Å². The van der Waals surface area contributed by atoms with E-state index in [4.69, 9.17) is 0 Å². The summed E-state index contributed by atoms with van der Waals surface area (Å²) in [7, 11) is -3.30. The summed E-state index contributed by atoms with van der Waals surface area (Å²) in [6.45, 7) is 3.57. The second kappa shape index (κ2) is 7.22. The van der Waals surface area contributed by atoms with E-state index < -0.39 is 15.5 Å². The van der Waals surface area contributed by atoms with E-state index in [2.05, 4.69) is 17.3 Å². The summed E-state index contributed by atoms with van der Waals surface area (Å²) in [6, 6.07) is 5.46. The summed E-state index contributed by atoms with van der Waals surface area (Å²) in [5, 5.41) is 4.65. The number of sulfone groups is 1. The number of Topliss-reactive ketones (excluding diaryl/α,β-unsaturated/α-hetero) is 1. The van der Waals surface area contributed by atoms with Crippen molar-refractivity contribution in [1.29, 1.82) is 0 Å². The van der Waals surface area contributed by atoms with Crippen LogP contribution in [0.2, 0.25) is 0 Å². The maximum atomic E-state index is 13.0. The van der Waals surface area contributed by atoms with Crippen molar-refractivity contribution in [2.75, 3.05) is 5.01 Å². The zero-order chi connectivity index (χ0) is 21.8. The molecule has 7 nitrogen and oxygen atoms in total. The Labute approximate surface area is 182 Å². The van der Waals surface area contributed by atoms with Crippen LogP contribution >= 0.6 is 0 Å². The normalized spacial score (nSPS) is 27.9. The van der Waals surface area contributed by atoms with E-state index in [9.17, 15) is 18.0 Å². The van der Waals surface area contributed by atoms with Gasteiger partial charge < -0.3 is 10.7 Å². The molecule has 1 amide bonds. The number of ketones is 1. The third-order valence-electron chi connectivity index (χ3n) is 6.83. The number of amides is 1. The molecule has 8 heteroatoms. The van der Waals surface area contributed by atoms with Gasteiger partial charge in [0.1, 0.15) is 5.78 Å². The predicted octanol–water partition coefficient (Wildman–Crippen LogP) is 2.71. The van der Waals surface area contributed by atoms with Crippen LogP contribution in [0.3, 0.4) is 0 Å². The molecule has 0 radical (unpaired) electrons. The molecule has 31 heavy (non-hydrogen) atoms. The van der Waals surface area contributed by atoms with Gasteiger partial charge in [-0.05, 0) is 73.9 Å². The summed E-state index contributed by atoms with van der Waals surface area (Å²) in [6.07, 6.45) is 9.84. The smallest absolute Gasteiger partial charge is 0.245 e. The van der Waals surface area contributed by atoms with Crippen LogP contribution in [0.5, 0.6) is 0 Å². The van der Waals surface area contributed by atoms with Crippen LogP contribution in [0.25, 0.3) is 0 Å². The fraction of sp³-hybridized carbons (Fsp3) is 0.478. The highest BCUT2D eigenvalue weighted by molar-refractivity contribution is 7.92. The van der Waals surface area contributed by atoms with Crippen molar-refractivity contribution >= 4 is 27.2 Å². The SMILES string of the molecule is C=CC(=O)NC1([C@H]2CCC(=O)C2)C=CNN1c1ccc(S(=O)(=O)C2CC2)c(C2CC2)c1. The first kappa shape index (κ1) is 20.3. The highest BCUT2D eigenvalue weighted by Crippen LogP contribution is 2.47. The van der Waals surface area contributed by atoms with E-state index in [1.807, 2.05) is 17.2 Å². The molecule has 1 aromatic carbocycles. The monoisotopic (exact) mass is 441 g/mol. The molecular formula is C23H27N3O4S. The molecule has 3 saturated carbocycles. The van der Waals surface area contributed by atoms with Crippen molar-refractivity contribution in [3.63, 3.8) is 0 Å². The van der Waals surface area contributed by atoms with Crippen molar-refractivity contribution in [1.82, 2.24) is 10.7 Å². The molecule has 1 heterocycles. The van der Waals surface area contributed by atoms with Gasteiger partial charge in [-0.2, -0.15) is 0 Å². The Balaban J connectivity index is 1.56. The van der Waals surface area contributed by atoms with Crippen molar-refractivity contribution in [2.45, 2.75) is 66.7 Å². The van der Waals surface area contributed by atoms with Gasteiger partial charge in [0.25, 0.3) is 0 Å². The zero-order valence-electron chi connectivity index (χ0n) is 17.3. The summed E-state index contributed by atoms with van der Waals surface area (Å²) in [5.74, 6) is 0.00808. The maximum Gasteiger partial charge on any atom is 0.245 e. The van der Waals surface area contributed by atoms with Crippen molar-refractivity contribution in [3.8, 4) is 0 Å². The molecule has 2 N–H and O–H groups in total. The molecule has 1 aliphatic heterocycles. The van der Waals surface area contributed by atoms with Crippen LogP contribution in [0.1, 0.15) is 56.4 Å². The van der Waals surface area contributed by atoms with Gasteiger partial charge in [-0.25, -0.2) is 8.42 Å². The van der Waals surface area contributed by atoms with Gasteiger partial charge >= 0.3 is 0 Å². The Morgan fingerprint density at radius 2 is 2.00 bits per heavy atom. The van der Waals surface area contributed by atoms with Crippen LogP contribution in [0.15, 0.2) is 48.0 Å². The fourth-order valence-electron chi connectivity index (χ4n) is 4.87. The standard InChI is InChI=1S/C23H27N3O4S/c1-2-22(28)25-23(16-5-7-18(27)13-16)11-12-24-26(23)17-6-10-21(20(14-17)15-3-4-15)31(29,30)19-8-9-19/h2,6,10-12,14-16,19,24H,1,3-5,7-9,13H2,(H,25,28)/t16-,23?/m0/s1. The third kappa shape index (κ3) is 3.46. The van der Waals surface area contributed by atoms with Gasteiger partial charge in [0.2, 0.25) is 5.91 Å². The number of carbonyl (C=O) groups excluding carboxylic acids is 2. The van der Waals surface area contributed by atoms with E-state index in [-0.39, 0.29) is 28.8 Å². The lowest BCUT2D eigenvalue weighted by Gasteiger charge is -2.43. The van der Waals surface area contributed by atoms with Crippen LogP contribution in [0.4, 0.5) is 5.69 Å². The second-order valence-electron chi connectivity index (χ2n) is 9.04. The molecule has 3 fully saturated rings. The lowest BCUT2D eigenvalue weighted by molar-refractivity contribution is -0.120. The first-order chi connectivity index (χ1) is 14.8. The molecule has 4 aliphatic rings. The van der Waals surface area contributed by atoms with E-state index in [0.717, 1.165) is 36.9 Å². The van der Waals surface area contributed by atoms with Gasteiger partial charge in [-0.1, -0.05) is 6.58 Å². The number of rotatable bonds is 7. The minimum atomic E-state index is -3.30. The molecule has 0 aromatic heterocycles. The molecule has 1 aromatic rings. The summed E-state index contributed by atoms with van der Waals surface area (Å²) in [4.78, 5) is 24.9. The quantitative estimate of drug-likeness (QED) is 0.632. The van der Waals surface area contributed by atoms with Crippen molar-refractivity contribution in [3.05, 3.63) is 48.7 Å². The molecule has 2 atom stereocenters. The van der Waals surface area contributed by atoms with E-state index in [1.165, 1.54) is 6.08 Å². The number of carbonyl (C=O) groups is 2. The molecule has 0 spiro atoms. The Hall–Kier alpha value is -2.61. The zero-order valence-corrected chi connectivity index (χ0v) is 18.2. The Morgan fingerprint density at radius 1 is 1.23 bits per heavy atom. The predicted molar refractivity (Wildman–Crippen MR) is 117 cm³/mol. The van der Waals surface area contributed by atoms with Crippen LogP contribution in [-0.4, -0.2) is 31.0 Å². The minimum absolute atomic E-state index is 0.102. The van der Waals surface area contributed by atoms with Gasteiger partial charge in [0.15, 0.2) is 15.5 Å². The van der Waals surface area contributed by atoms with E-state index >= 15 is 0 Å². The lowest BCUT2D eigenvalue weighted by Crippen LogP contribution is -2.64. The van der Waals surface area contributed by atoms with E-state index in [1.54, 1.807) is 18.3 Å². The average Bonchev–Trinajstić information content (AvgIpc) is 3.68. The van der Waals surface area contributed by atoms with Crippen LogP contribution in [-0.2, 0) is 19.4 Å². The number of hydrogen-bond donors (Lipinski definition) is 2. The van der Waals surface area contributed by atoms with Gasteiger partial charge in [0, 0.05) is 25.0 Å². The molecule has 0 bridgehead atoms. The van der Waals surface area contributed by atoms with E-state index in [0.29, 0.717) is 24.2 Å². The Morgan fingerprint density at radius 3 is 2.61 bits per heavy atom. The third-order valence-corrected chi connectivity index (χ3v) is 9.16. The highest BCUT2D eigenvalue weighted by atomic mass is 32.2. The lowest BCUT2D eigenvalue weighted by atomic mass is 9.89. The molecular weight excluding hydrogens is 414 g/mol. The Bertz CT molecular complexity index is 1090. The number of hydrazine groups is 1. The largest absolute Gasteiger partial charge is 0.325 e. The van der Waals surface area contributed by atoms with Gasteiger partial charge in [-0.3, -0.25) is 14.6 Å². The summed E-state index contributed by atoms with van der Waals surface area (Å²) < 4.78 is 26.0. The summed E-state index contributed by atoms with van der Waals surface area (Å²) in [5.41, 5.74) is 3.92. The fourth-order valence-corrected chi connectivity index (χ4v) is 6.80. The summed E-state index contributed by atoms with van der Waals surface area (Å²) >= 11 is 0. The number of benzene rings is 1. The maximum absolute atomic E-state index is 13.0. The molecule has 3 aliphatic carbocycles. The van der Waals surface area contributed by atoms with Gasteiger partial charge in [0.05, 0.1) is 15.8 Å². The number of nitrogens with one attached hydrogen (secondary N) is 2. The Kier molecular flexibility index (Phi) is 4.73. The highest BCUT2D eigenvalue weighted by Gasteiger charge is 2.49. The minimum Gasteiger partial charge on any atom is -0.325 e. The average molecular weight is 442 g/mol. The van der Waals surface area contributed by atoms with Crippen LogP contribution < -0.4 is 15.8 Å². The molecule has 0 saturated heterocycles. The van der Waals surface area contributed by atoms with Crippen molar-refractivity contribution < 1.29 is 18.0 Å². The first-order valence-corrected chi connectivity index (χ1v) is 12.5. The van der Waals surface area contributed by atoms with Crippen LogP contribution in [0, 0.1) is 5.92 Å². The second-order valence-corrected chi connectivity index (χ2v) is 11.2. The number of anilines is 1. The first-order valence-electron chi connectivity index (χ1n) is 10.9. The number of hydrogen-bond acceptors (Lipinski definition) is 6. The number of nitrogens with zero attached hydrogens (tertiary/aromatic N) is 1. The van der Waals surface area contributed by atoms with Gasteiger partial charge in [-0.15, -0.1) is 0 Å².